The van der Waals surface area contributed by atoms with Crippen LogP contribution in [0.5, 0.6) is 0 Å². The molecular weight excluding hydrogens is 328 g/mol. The summed E-state index contributed by atoms with van der Waals surface area (Å²) in [7, 11) is 0. The molecule has 0 bridgehead atoms. The zero-order chi connectivity index (χ0) is 14.7. The van der Waals surface area contributed by atoms with Gasteiger partial charge < -0.3 is 5.32 Å². The Labute approximate surface area is 131 Å². The zero-order valence-electron chi connectivity index (χ0n) is 11.2. The first kappa shape index (κ1) is 13.8. The maximum absolute atomic E-state index is 12.3. The third-order valence-corrected chi connectivity index (χ3v) is 3.85. The van der Waals surface area contributed by atoms with Gasteiger partial charge in [0.1, 0.15) is 0 Å². The molecule has 0 aliphatic carbocycles. The molecule has 1 amide bonds. The van der Waals surface area contributed by atoms with Crippen molar-refractivity contribution in [3.63, 3.8) is 0 Å². The second-order valence-corrected chi connectivity index (χ2v) is 5.26. The maximum atomic E-state index is 12.3. The van der Waals surface area contributed by atoms with E-state index in [9.17, 15) is 4.79 Å². The summed E-state index contributed by atoms with van der Waals surface area (Å²) in [6.45, 7) is 0. The number of carbonyl (C=O) groups excluding carboxylic acids is 1. The molecule has 0 saturated carbocycles. The van der Waals surface area contributed by atoms with E-state index >= 15 is 0 Å². The average molecular weight is 341 g/mol. The second-order valence-electron chi connectivity index (χ2n) is 4.70. The molecule has 0 unspecified atom stereocenters. The number of hydrogen-bond acceptors (Lipinski definition) is 2. The van der Waals surface area contributed by atoms with E-state index in [2.05, 4.69) is 26.2 Å². The molecule has 0 aliphatic heterocycles. The van der Waals surface area contributed by atoms with E-state index in [1.165, 1.54) is 0 Å². The summed E-state index contributed by atoms with van der Waals surface area (Å²) in [6, 6.07) is 17.1. The number of alkyl halides is 1. The van der Waals surface area contributed by atoms with Crippen LogP contribution >= 0.6 is 15.9 Å². The van der Waals surface area contributed by atoms with Crippen molar-refractivity contribution in [2.24, 2.45) is 0 Å². The Morgan fingerprint density at radius 1 is 1.10 bits per heavy atom. The molecule has 0 atom stereocenters. The van der Waals surface area contributed by atoms with E-state index < -0.39 is 0 Å². The third-order valence-electron chi connectivity index (χ3n) is 3.20. The number of anilines is 1. The number of fused-ring (bicyclic) bond motifs is 1. The number of carbonyl (C=O) groups is 1. The Balaban J connectivity index is 1.86. The molecule has 1 heterocycles. The summed E-state index contributed by atoms with van der Waals surface area (Å²) < 4.78 is 0. The van der Waals surface area contributed by atoms with Crippen molar-refractivity contribution in [1.29, 1.82) is 0 Å². The highest BCUT2D eigenvalue weighted by atomic mass is 79.9. The van der Waals surface area contributed by atoms with Crippen molar-refractivity contribution in [3.05, 3.63) is 71.9 Å². The highest BCUT2D eigenvalue weighted by Crippen LogP contribution is 2.17. The Morgan fingerprint density at radius 2 is 2.00 bits per heavy atom. The fraction of sp³-hybridized carbons (Fsp3) is 0.0588. The number of pyridine rings is 1. The summed E-state index contributed by atoms with van der Waals surface area (Å²) in [6.07, 6.45) is 1.74. The van der Waals surface area contributed by atoms with Gasteiger partial charge in [0.15, 0.2) is 0 Å². The van der Waals surface area contributed by atoms with Gasteiger partial charge in [-0.05, 0) is 42.0 Å². The number of halogens is 1. The van der Waals surface area contributed by atoms with E-state index in [0.717, 1.165) is 27.5 Å². The van der Waals surface area contributed by atoms with E-state index in [0.29, 0.717) is 5.56 Å². The number of nitrogens with one attached hydrogen (secondary N) is 1. The van der Waals surface area contributed by atoms with Gasteiger partial charge in [-0.1, -0.05) is 34.1 Å². The molecule has 3 nitrogen and oxygen atoms in total. The number of nitrogens with zero attached hydrogens (tertiary/aromatic N) is 1. The summed E-state index contributed by atoms with van der Waals surface area (Å²) in [5.41, 5.74) is 3.42. The lowest BCUT2D eigenvalue weighted by atomic mass is 10.1. The number of rotatable bonds is 3. The van der Waals surface area contributed by atoms with Crippen molar-refractivity contribution < 1.29 is 4.79 Å². The Bertz CT molecular complexity index is 801. The van der Waals surface area contributed by atoms with Gasteiger partial charge >= 0.3 is 0 Å². The standard InChI is InChI=1S/C17H13BrN2O/c18-11-12-3-1-5-15(9-12)20-17(21)14-6-7-16-13(10-14)4-2-8-19-16/h1-10H,11H2,(H,20,21). The largest absolute Gasteiger partial charge is 0.322 e. The van der Waals surface area contributed by atoms with Crippen molar-refractivity contribution >= 4 is 38.4 Å². The molecule has 0 spiro atoms. The van der Waals surface area contributed by atoms with Crippen LogP contribution in [0.4, 0.5) is 5.69 Å². The van der Waals surface area contributed by atoms with E-state index in [1.54, 1.807) is 12.3 Å². The Hall–Kier alpha value is -2.20. The molecule has 4 heteroatoms. The number of amides is 1. The van der Waals surface area contributed by atoms with Crippen LogP contribution < -0.4 is 5.32 Å². The van der Waals surface area contributed by atoms with Crippen LogP contribution in [0, 0.1) is 0 Å². The molecule has 2 aromatic carbocycles. The number of hydrogen-bond donors (Lipinski definition) is 1. The van der Waals surface area contributed by atoms with Crippen molar-refractivity contribution in [2.45, 2.75) is 5.33 Å². The molecule has 0 fully saturated rings. The predicted octanol–water partition coefficient (Wildman–Crippen LogP) is 4.38. The first-order valence-electron chi connectivity index (χ1n) is 6.57. The lowest BCUT2D eigenvalue weighted by Gasteiger charge is -2.07. The number of benzene rings is 2. The number of aromatic nitrogens is 1. The summed E-state index contributed by atoms with van der Waals surface area (Å²) in [5.74, 6) is -0.118. The van der Waals surface area contributed by atoms with Crippen molar-refractivity contribution in [3.8, 4) is 0 Å². The first-order chi connectivity index (χ1) is 10.3. The quantitative estimate of drug-likeness (QED) is 0.718. The molecule has 3 rings (SSSR count). The summed E-state index contributed by atoms with van der Waals surface area (Å²) in [4.78, 5) is 16.6. The zero-order valence-corrected chi connectivity index (χ0v) is 12.8. The van der Waals surface area contributed by atoms with Gasteiger partial charge in [0, 0.05) is 28.2 Å². The molecule has 1 aromatic heterocycles. The van der Waals surface area contributed by atoms with Gasteiger partial charge in [-0.25, -0.2) is 0 Å². The highest BCUT2D eigenvalue weighted by molar-refractivity contribution is 9.08. The Kier molecular flexibility index (Phi) is 3.97. The van der Waals surface area contributed by atoms with Crippen LogP contribution in [0.25, 0.3) is 10.9 Å². The minimum absolute atomic E-state index is 0.118. The van der Waals surface area contributed by atoms with Crippen LogP contribution in [-0.2, 0) is 5.33 Å². The molecule has 0 aliphatic rings. The smallest absolute Gasteiger partial charge is 0.255 e. The predicted molar refractivity (Wildman–Crippen MR) is 88.8 cm³/mol. The highest BCUT2D eigenvalue weighted by Gasteiger charge is 2.07. The minimum Gasteiger partial charge on any atom is -0.322 e. The first-order valence-corrected chi connectivity index (χ1v) is 7.69. The second kappa shape index (κ2) is 6.06. The van der Waals surface area contributed by atoms with Gasteiger partial charge in [0.25, 0.3) is 5.91 Å². The molecule has 1 N–H and O–H groups in total. The van der Waals surface area contributed by atoms with Gasteiger partial charge in [-0.15, -0.1) is 0 Å². The Morgan fingerprint density at radius 3 is 2.86 bits per heavy atom. The van der Waals surface area contributed by atoms with Crippen molar-refractivity contribution in [2.75, 3.05) is 5.32 Å². The molecular formula is C17H13BrN2O. The third kappa shape index (κ3) is 3.11. The van der Waals surface area contributed by atoms with Crippen LogP contribution in [0.3, 0.4) is 0 Å². The maximum Gasteiger partial charge on any atom is 0.255 e. The van der Waals surface area contributed by atoms with Crippen LogP contribution in [0.1, 0.15) is 15.9 Å². The lowest BCUT2D eigenvalue weighted by molar-refractivity contribution is 0.102. The fourth-order valence-electron chi connectivity index (χ4n) is 2.15. The van der Waals surface area contributed by atoms with Crippen LogP contribution in [-0.4, -0.2) is 10.9 Å². The molecule has 0 radical (unpaired) electrons. The van der Waals surface area contributed by atoms with E-state index in [4.69, 9.17) is 0 Å². The van der Waals surface area contributed by atoms with Crippen molar-refractivity contribution in [1.82, 2.24) is 4.98 Å². The lowest BCUT2D eigenvalue weighted by Crippen LogP contribution is -2.11. The fourth-order valence-corrected chi connectivity index (χ4v) is 2.50. The van der Waals surface area contributed by atoms with Crippen LogP contribution in [0.2, 0.25) is 0 Å². The SMILES string of the molecule is O=C(Nc1cccc(CBr)c1)c1ccc2ncccc2c1. The van der Waals surface area contributed by atoms with Gasteiger partial charge in [-0.3, -0.25) is 9.78 Å². The van der Waals surface area contributed by atoms with Gasteiger partial charge in [-0.2, -0.15) is 0 Å². The van der Waals surface area contributed by atoms with E-state index in [1.807, 2.05) is 48.5 Å². The normalized spacial score (nSPS) is 10.5. The molecule has 104 valence electrons. The van der Waals surface area contributed by atoms with Gasteiger partial charge in [0.2, 0.25) is 0 Å². The van der Waals surface area contributed by atoms with E-state index in [-0.39, 0.29) is 5.91 Å². The van der Waals surface area contributed by atoms with Gasteiger partial charge in [0.05, 0.1) is 5.52 Å². The summed E-state index contributed by atoms with van der Waals surface area (Å²) >= 11 is 3.41. The molecule has 3 aromatic rings. The monoisotopic (exact) mass is 340 g/mol. The average Bonchev–Trinajstić information content (AvgIpc) is 2.54. The topological polar surface area (TPSA) is 42.0 Å². The van der Waals surface area contributed by atoms with Crippen LogP contribution in [0.15, 0.2) is 60.8 Å². The summed E-state index contributed by atoms with van der Waals surface area (Å²) in [5, 5.41) is 4.64. The minimum atomic E-state index is -0.118. The molecule has 21 heavy (non-hydrogen) atoms. The molecule has 0 saturated heterocycles.